The summed E-state index contributed by atoms with van der Waals surface area (Å²) in [6.45, 7) is 6.51. The third-order valence-corrected chi connectivity index (χ3v) is 3.92. The number of nitrogens with zero attached hydrogens (tertiary/aromatic N) is 1. The third-order valence-electron chi connectivity index (χ3n) is 3.61. The molecule has 0 N–H and O–H groups in total. The molecule has 1 unspecified atom stereocenters. The van der Waals surface area contributed by atoms with Crippen LogP contribution >= 0.6 is 12.6 Å². The lowest BCUT2D eigenvalue weighted by Gasteiger charge is -2.33. The SMILES string of the molecule is CC1COCCN1CCCCCCCCCS. The van der Waals surface area contributed by atoms with Crippen LogP contribution in [0.25, 0.3) is 0 Å². The van der Waals surface area contributed by atoms with Crippen LogP contribution < -0.4 is 0 Å². The average molecular weight is 259 g/mol. The van der Waals surface area contributed by atoms with E-state index in [1.54, 1.807) is 0 Å². The molecule has 0 aliphatic carbocycles. The van der Waals surface area contributed by atoms with Crippen LogP contribution in [0.1, 0.15) is 51.9 Å². The summed E-state index contributed by atoms with van der Waals surface area (Å²) in [6.07, 6.45) is 9.62. The molecule has 2 nitrogen and oxygen atoms in total. The Bertz CT molecular complexity index is 178. The van der Waals surface area contributed by atoms with Gasteiger partial charge in [0.05, 0.1) is 13.2 Å². The highest BCUT2D eigenvalue weighted by atomic mass is 32.1. The molecule has 102 valence electrons. The maximum absolute atomic E-state index is 5.45. The summed E-state index contributed by atoms with van der Waals surface area (Å²) in [6, 6.07) is 0.624. The molecule has 0 radical (unpaired) electrons. The van der Waals surface area contributed by atoms with E-state index >= 15 is 0 Å². The molecule has 0 aromatic rings. The van der Waals surface area contributed by atoms with Gasteiger partial charge in [-0.05, 0) is 32.1 Å². The normalized spacial score (nSPS) is 21.9. The van der Waals surface area contributed by atoms with E-state index < -0.39 is 0 Å². The molecule has 0 aromatic heterocycles. The largest absolute Gasteiger partial charge is 0.379 e. The molecule has 0 amide bonds. The zero-order chi connectivity index (χ0) is 12.3. The van der Waals surface area contributed by atoms with Gasteiger partial charge in [-0.15, -0.1) is 0 Å². The first kappa shape index (κ1) is 15.3. The van der Waals surface area contributed by atoms with Crippen LogP contribution in [0.4, 0.5) is 0 Å². The Morgan fingerprint density at radius 2 is 1.71 bits per heavy atom. The molecule has 1 rings (SSSR count). The van der Waals surface area contributed by atoms with Gasteiger partial charge in [0.15, 0.2) is 0 Å². The second kappa shape index (κ2) is 10.2. The second-order valence-corrected chi connectivity index (χ2v) is 5.61. The van der Waals surface area contributed by atoms with Crippen molar-refractivity contribution in [2.24, 2.45) is 0 Å². The summed E-state index contributed by atoms with van der Waals surface area (Å²) in [7, 11) is 0. The van der Waals surface area contributed by atoms with Crippen LogP contribution in [0.15, 0.2) is 0 Å². The summed E-state index contributed by atoms with van der Waals surface area (Å²) in [5.74, 6) is 1.05. The van der Waals surface area contributed by atoms with E-state index in [-0.39, 0.29) is 0 Å². The fourth-order valence-corrected chi connectivity index (χ4v) is 2.63. The summed E-state index contributed by atoms with van der Waals surface area (Å²) >= 11 is 4.23. The van der Waals surface area contributed by atoms with Crippen molar-refractivity contribution in [3.05, 3.63) is 0 Å². The molecule has 1 aliphatic rings. The zero-order valence-corrected chi connectivity index (χ0v) is 12.3. The molecule has 0 saturated carbocycles. The quantitative estimate of drug-likeness (QED) is 0.503. The van der Waals surface area contributed by atoms with E-state index in [1.165, 1.54) is 51.5 Å². The fourth-order valence-electron chi connectivity index (χ4n) is 2.40. The predicted octanol–water partition coefficient (Wildman–Crippen LogP) is 3.37. The van der Waals surface area contributed by atoms with Gasteiger partial charge in [-0.3, -0.25) is 4.90 Å². The van der Waals surface area contributed by atoms with Crippen molar-refractivity contribution in [1.29, 1.82) is 0 Å². The van der Waals surface area contributed by atoms with Crippen molar-refractivity contribution in [3.8, 4) is 0 Å². The van der Waals surface area contributed by atoms with E-state index in [2.05, 4.69) is 24.5 Å². The molecule has 3 heteroatoms. The third kappa shape index (κ3) is 7.32. The van der Waals surface area contributed by atoms with Gasteiger partial charge in [0, 0.05) is 12.6 Å². The lowest BCUT2D eigenvalue weighted by atomic mass is 10.1. The van der Waals surface area contributed by atoms with Gasteiger partial charge in [-0.2, -0.15) is 12.6 Å². The van der Waals surface area contributed by atoms with Gasteiger partial charge in [-0.1, -0.05) is 32.1 Å². The summed E-state index contributed by atoms with van der Waals surface area (Å²) in [5.41, 5.74) is 0. The summed E-state index contributed by atoms with van der Waals surface area (Å²) in [5, 5.41) is 0. The van der Waals surface area contributed by atoms with Crippen LogP contribution in [0.3, 0.4) is 0 Å². The predicted molar refractivity (Wildman–Crippen MR) is 78.0 cm³/mol. The molecule has 0 spiro atoms. The minimum Gasteiger partial charge on any atom is -0.379 e. The van der Waals surface area contributed by atoms with Crippen molar-refractivity contribution >= 4 is 12.6 Å². The van der Waals surface area contributed by atoms with Crippen molar-refractivity contribution in [2.75, 3.05) is 32.1 Å². The van der Waals surface area contributed by atoms with Crippen LogP contribution in [0.2, 0.25) is 0 Å². The van der Waals surface area contributed by atoms with Gasteiger partial charge in [0.25, 0.3) is 0 Å². The van der Waals surface area contributed by atoms with Crippen molar-refractivity contribution < 1.29 is 4.74 Å². The van der Waals surface area contributed by atoms with E-state index in [1.807, 2.05) is 0 Å². The first-order valence-electron chi connectivity index (χ1n) is 7.27. The Hall–Kier alpha value is 0.270. The Labute approximate surface area is 113 Å². The molecule has 0 bridgehead atoms. The molecule has 1 aliphatic heterocycles. The molecule has 1 saturated heterocycles. The number of thiol groups is 1. The summed E-state index contributed by atoms with van der Waals surface area (Å²) in [4.78, 5) is 2.57. The first-order chi connectivity index (χ1) is 8.34. The lowest BCUT2D eigenvalue weighted by Crippen LogP contribution is -2.43. The second-order valence-electron chi connectivity index (χ2n) is 5.16. The number of ether oxygens (including phenoxy) is 1. The van der Waals surface area contributed by atoms with Gasteiger partial charge in [-0.25, -0.2) is 0 Å². The molecule has 0 aromatic carbocycles. The summed E-state index contributed by atoms with van der Waals surface area (Å²) < 4.78 is 5.45. The maximum atomic E-state index is 5.45. The monoisotopic (exact) mass is 259 g/mol. The van der Waals surface area contributed by atoms with Crippen molar-refractivity contribution in [2.45, 2.75) is 57.9 Å². The Kier molecular flexibility index (Phi) is 9.21. The number of morpholine rings is 1. The van der Waals surface area contributed by atoms with E-state index in [4.69, 9.17) is 4.74 Å². The van der Waals surface area contributed by atoms with Gasteiger partial charge in [0.1, 0.15) is 0 Å². The number of unbranched alkanes of at least 4 members (excludes halogenated alkanes) is 6. The molecular formula is C14H29NOS. The Balaban J connectivity index is 1.86. The topological polar surface area (TPSA) is 12.5 Å². The van der Waals surface area contributed by atoms with Crippen molar-refractivity contribution in [1.82, 2.24) is 4.90 Å². The highest BCUT2D eigenvalue weighted by molar-refractivity contribution is 7.80. The van der Waals surface area contributed by atoms with Crippen LogP contribution in [0, 0.1) is 0 Å². The Morgan fingerprint density at radius 1 is 1.06 bits per heavy atom. The van der Waals surface area contributed by atoms with Gasteiger partial charge >= 0.3 is 0 Å². The lowest BCUT2D eigenvalue weighted by molar-refractivity contribution is -0.000919. The number of hydrogen-bond donors (Lipinski definition) is 1. The van der Waals surface area contributed by atoms with Crippen LogP contribution in [-0.4, -0.2) is 43.0 Å². The van der Waals surface area contributed by atoms with E-state index in [0.717, 1.165) is 25.5 Å². The highest BCUT2D eigenvalue weighted by Gasteiger charge is 2.17. The smallest absolute Gasteiger partial charge is 0.0619 e. The fraction of sp³-hybridized carbons (Fsp3) is 1.00. The van der Waals surface area contributed by atoms with Crippen molar-refractivity contribution in [3.63, 3.8) is 0 Å². The number of rotatable bonds is 9. The molecule has 1 fully saturated rings. The van der Waals surface area contributed by atoms with Crippen LogP contribution in [-0.2, 0) is 4.74 Å². The maximum Gasteiger partial charge on any atom is 0.0619 e. The highest BCUT2D eigenvalue weighted by Crippen LogP contribution is 2.11. The zero-order valence-electron chi connectivity index (χ0n) is 11.4. The number of hydrogen-bond acceptors (Lipinski definition) is 3. The first-order valence-corrected chi connectivity index (χ1v) is 7.90. The average Bonchev–Trinajstić information content (AvgIpc) is 2.35. The molecule has 1 atom stereocenters. The minimum absolute atomic E-state index is 0.624. The Morgan fingerprint density at radius 3 is 2.35 bits per heavy atom. The minimum atomic E-state index is 0.624. The van der Waals surface area contributed by atoms with Gasteiger partial charge in [0.2, 0.25) is 0 Å². The molecule has 1 heterocycles. The van der Waals surface area contributed by atoms with Crippen LogP contribution in [0.5, 0.6) is 0 Å². The van der Waals surface area contributed by atoms with Gasteiger partial charge < -0.3 is 4.74 Å². The van der Waals surface area contributed by atoms with E-state index in [9.17, 15) is 0 Å². The standard InChI is InChI=1S/C14H29NOS/c1-14-13-16-11-10-15(14)9-7-5-3-2-4-6-8-12-17/h14,17H,2-13H2,1H3. The molecule has 17 heavy (non-hydrogen) atoms. The molecular weight excluding hydrogens is 230 g/mol. The van der Waals surface area contributed by atoms with E-state index in [0.29, 0.717) is 6.04 Å².